The lowest BCUT2D eigenvalue weighted by atomic mass is 10.0. The van der Waals surface area contributed by atoms with Crippen molar-refractivity contribution in [1.82, 2.24) is 0 Å². The van der Waals surface area contributed by atoms with Crippen LogP contribution in [0.15, 0.2) is 29.8 Å². The number of benzene rings is 1. The molecule has 1 N–H and O–H groups in total. The normalized spacial score (nSPS) is 12.6. The molecule has 0 aliphatic carbocycles. The van der Waals surface area contributed by atoms with Gasteiger partial charge in [0.15, 0.2) is 0 Å². The molecule has 0 aliphatic heterocycles. The van der Waals surface area contributed by atoms with Gasteiger partial charge in [0.2, 0.25) is 0 Å². The highest BCUT2D eigenvalue weighted by molar-refractivity contribution is 6.31. The molecule has 7 heteroatoms. The van der Waals surface area contributed by atoms with Crippen LogP contribution in [0.5, 0.6) is 0 Å². The molecule has 0 atom stereocenters. The van der Waals surface area contributed by atoms with Crippen LogP contribution in [0.1, 0.15) is 5.56 Å². The summed E-state index contributed by atoms with van der Waals surface area (Å²) in [4.78, 5) is 10.3. The molecule has 1 aromatic carbocycles. The van der Waals surface area contributed by atoms with E-state index in [4.69, 9.17) is 16.7 Å². The highest BCUT2D eigenvalue weighted by Crippen LogP contribution is 2.31. The number of halogens is 5. The van der Waals surface area contributed by atoms with Crippen LogP contribution in [0.25, 0.3) is 0 Å². The van der Waals surface area contributed by atoms with Crippen LogP contribution in [0.4, 0.5) is 17.6 Å². The van der Waals surface area contributed by atoms with Crippen molar-refractivity contribution in [3.8, 4) is 0 Å². The predicted octanol–water partition coefficient (Wildman–Crippen LogP) is 3.59. The summed E-state index contributed by atoms with van der Waals surface area (Å²) in [6, 6.07) is 3.43. The maximum absolute atomic E-state index is 13.3. The number of carboxylic acids is 1. The summed E-state index contributed by atoms with van der Waals surface area (Å²) in [7, 11) is 0. The third kappa shape index (κ3) is 3.73. The van der Waals surface area contributed by atoms with Gasteiger partial charge in [-0.15, -0.1) is 0 Å². The molecular weight excluding hydrogens is 276 g/mol. The van der Waals surface area contributed by atoms with Crippen LogP contribution in [-0.2, 0) is 11.2 Å². The Morgan fingerprint density at radius 3 is 2.44 bits per heavy atom. The van der Waals surface area contributed by atoms with E-state index < -0.39 is 30.0 Å². The van der Waals surface area contributed by atoms with E-state index in [9.17, 15) is 22.4 Å². The number of hydrogen-bond donors (Lipinski definition) is 1. The smallest absolute Gasteiger partial charge is 0.413 e. The van der Waals surface area contributed by atoms with Crippen molar-refractivity contribution >= 4 is 17.6 Å². The molecule has 1 aromatic rings. The first-order valence-corrected chi connectivity index (χ1v) is 5.03. The summed E-state index contributed by atoms with van der Waals surface area (Å²) in [6.07, 6.45) is -5.78. The molecule has 0 unspecified atom stereocenters. The topological polar surface area (TPSA) is 37.3 Å². The van der Waals surface area contributed by atoms with Crippen molar-refractivity contribution in [2.45, 2.75) is 12.6 Å². The van der Waals surface area contributed by atoms with Gasteiger partial charge in [-0.25, -0.2) is 9.18 Å². The van der Waals surface area contributed by atoms with E-state index in [1.807, 2.05) is 0 Å². The summed E-state index contributed by atoms with van der Waals surface area (Å²) in [5.74, 6) is -2.67. The minimum Gasteiger partial charge on any atom is -0.478 e. The lowest BCUT2D eigenvalue weighted by Gasteiger charge is -2.12. The van der Waals surface area contributed by atoms with Gasteiger partial charge in [-0.1, -0.05) is 17.7 Å². The molecule has 98 valence electrons. The van der Waals surface area contributed by atoms with Crippen molar-refractivity contribution < 1.29 is 27.5 Å². The fourth-order valence-corrected chi connectivity index (χ4v) is 1.50. The Labute approximate surface area is 104 Å². The van der Waals surface area contributed by atoms with E-state index in [1.165, 1.54) is 12.1 Å². The molecule has 0 saturated heterocycles. The van der Waals surface area contributed by atoms with Crippen LogP contribution in [0.3, 0.4) is 0 Å². The predicted molar refractivity (Wildman–Crippen MR) is 56.9 cm³/mol. The SMILES string of the molecule is O=C(O)/C=C(\Cc1c(F)cccc1Cl)C(F)(F)F. The van der Waals surface area contributed by atoms with E-state index in [1.54, 1.807) is 0 Å². The quantitative estimate of drug-likeness (QED) is 0.679. The second kappa shape index (κ2) is 5.39. The van der Waals surface area contributed by atoms with Crippen molar-refractivity contribution in [3.63, 3.8) is 0 Å². The summed E-state index contributed by atoms with van der Waals surface area (Å²) in [5.41, 5.74) is -1.76. The van der Waals surface area contributed by atoms with Crippen LogP contribution in [0.2, 0.25) is 5.02 Å². The molecule has 0 aromatic heterocycles. The van der Waals surface area contributed by atoms with Gasteiger partial charge in [0, 0.05) is 28.7 Å². The van der Waals surface area contributed by atoms with Crippen molar-refractivity contribution in [1.29, 1.82) is 0 Å². The number of hydrogen-bond acceptors (Lipinski definition) is 1. The van der Waals surface area contributed by atoms with Crippen LogP contribution >= 0.6 is 11.6 Å². The molecule has 0 fully saturated rings. The molecule has 0 aliphatic rings. The van der Waals surface area contributed by atoms with Gasteiger partial charge < -0.3 is 5.11 Å². The van der Waals surface area contributed by atoms with Gasteiger partial charge in [-0.3, -0.25) is 0 Å². The minimum atomic E-state index is -4.86. The van der Waals surface area contributed by atoms with Crippen molar-refractivity contribution in [2.24, 2.45) is 0 Å². The zero-order valence-corrected chi connectivity index (χ0v) is 9.52. The van der Waals surface area contributed by atoms with E-state index in [2.05, 4.69) is 0 Å². The van der Waals surface area contributed by atoms with Crippen LogP contribution in [-0.4, -0.2) is 17.3 Å². The molecule has 0 spiro atoms. The molecule has 0 heterocycles. The number of allylic oxidation sites excluding steroid dienone is 1. The standard InChI is InChI=1S/C11H7ClF4O2/c12-8-2-1-3-9(13)7(8)4-6(5-10(17)18)11(14,15)16/h1-3,5H,4H2,(H,17,18)/b6-5+. The Kier molecular flexibility index (Phi) is 4.34. The first kappa shape index (κ1) is 14.5. The molecule has 0 amide bonds. The first-order valence-electron chi connectivity index (χ1n) is 4.65. The molecule has 2 nitrogen and oxygen atoms in total. The van der Waals surface area contributed by atoms with Crippen molar-refractivity contribution in [3.05, 3.63) is 46.3 Å². The zero-order chi connectivity index (χ0) is 13.9. The zero-order valence-electron chi connectivity index (χ0n) is 8.76. The Balaban J connectivity index is 3.17. The number of carbonyl (C=O) groups is 1. The summed E-state index contributed by atoms with van der Waals surface area (Å²) >= 11 is 5.58. The van der Waals surface area contributed by atoms with E-state index in [0.717, 1.165) is 6.07 Å². The first-order chi connectivity index (χ1) is 8.21. The average Bonchev–Trinajstić information content (AvgIpc) is 2.20. The Morgan fingerprint density at radius 2 is 2.00 bits per heavy atom. The number of aliphatic carboxylic acids is 1. The largest absolute Gasteiger partial charge is 0.478 e. The average molecular weight is 283 g/mol. The lowest BCUT2D eigenvalue weighted by molar-refractivity contribution is -0.132. The number of rotatable bonds is 3. The lowest BCUT2D eigenvalue weighted by Crippen LogP contribution is -2.16. The van der Waals surface area contributed by atoms with Gasteiger partial charge in [-0.2, -0.15) is 13.2 Å². The summed E-state index contributed by atoms with van der Waals surface area (Å²) < 4.78 is 50.9. The van der Waals surface area contributed by atoms with Gasteiger partial charge in [0.05, 0.1) is 0 Å². The minimum absolute atomic E-state index is 0.00275. The Bertz CT molecular complexity index is 474. The molecule has 18 heavy (non-hydrogen) atoms. The van der Waals surface area contributed by atoms with Gasteiger partial charge in [0.1, 0.15) is 5.82 Å². The number of alkyl halides is 3. The number of carboxylic acid groups (broad SMARTS) is 1. The molecule has 0 bridgehead atoms. The maximum atomic E-state index is 13.3. The van der Waals surface area contributed by atoms with E-state index in [0.29, 0.717) is 0 Å². The summed E-state index contributed by atoms with van der Waals surface area (Å²) in [6.45, 7) is 0. The molecular formula is C11H7ClF4O2. The van der Waals surface area contributed by atoms with Crippen LogP contribution in [0, 0.1) is 5.82 Å². The van der Waals surface area contributed by atoms with Gasteiger partial charge >= 0.3 is 12.1 Å². The van der Waals surface area contributed by atoms with E-state index >= 15 is 0 Å². The monoisotopic (exact) mass is 282 g/mol. The van der Waals surface area contributed by atoms with Gasteiger partial charge in [0.25, 0.3) is 0 Å². The third-order valence-electron chi connectivity index (χ3n) is 2.09. The second-order valence-electron chi connectivity index (χ2n) is 3.38. The fraction of sp³-hybridized carbons (Fsp3) is 0.182. The fourth-order valence-electron chi connectivity index (χ4n) is 1.27. The van der Waals surface area contributed by atoms with Crippen molar-refractivity contribution in [2.75, 3.05) is 0 Å². The highest BCUT2D eigenvalue weighted by Gasteiger charge is 2.35. The Hall–Kier alpha value is -1.56. The molecule has 0 radical (unpaired) electrons. The highest BCUT2D eigenvalue weighted by atomic mass is 35.5. The third-order valence-corrected chi connectivity index (χ3v) is 2.44. The Morgan fingerprint density at radius 1 is 1.39 bits per heavy atom. The maximum Gasteiger partial charge on any atom is 0.413 e. The molecule has 1 rings (SSSR count). The van der Waals surface area contributed by atoms with Gasteiger partial charge in [-0.05, 0) is 12.1 Å². The van der Waals surface area contributed by atoms with Crippen LogP contribution < -0.4 is 0 Å². The molecule has 0 saturated carbocycles. The van der Waals surface area contributed by atoms with E-state index in [-0.39, 0.29) is 16.7 Å². The summed E-state index contributed by atoms with van der Waals surface area (Å²) in [5, 5.41) is 8.18. The second-order valence-corrected chi connectivity index (χ2v) is 3.79.